The van der Waals surface area contributed by atoms with Gasteiger partial charge in [0.1, 0.15) is 11.5 Å². The van der Waals surface area contributed by atoms with Crippen molar-refractivity contribution < 1.29 is 9.18 Å². The van der Waals surface area contributed by atoms with E-state index in [1.807, 2.05) is 0 Å². The Kier molecular flexibility index (Phi) is 5.51. The van der Waals surface area contributed by atoms with Crippen LogP contribution in [0.3, 0.4) is 0 Å². The zero-order chi connectivity index (χ0) is 21.1. The summed E-state index contributed by atoms with van der Waals surface area (Å²) in [5.74, 6) is -0.381. The van der Waals surface area contributed by atoms with Crippen LogP contribution in [0.15, 0.2) is 53.6 Å². The van der Waals surface area contributed by atoms with Crippen molar-refractivity contribution in [2.45, 2.75) is 25.8 Å². The number of carbonyl (C=O) groups is 1. The molecule has 0 atom stereocenters. The standard InChI is InChI=1S/C21H21FN6O2/c1-14-13-18(29)19(26-28(14)17-6-3-2-5-16(17)22)20(30)25-15-7-11-27(12-8-15)21-23-9-4-10-24-21/h2-6,9-10,13,15H,7-8,11-12H2,1H3,(H,25,30). The van der Waals surface area contributed by atoms with Gasteiger partial charge in [0.25, 0.3) is 5.91 Å². The van der Waals surface area contributed by atoms with E-state index in [0.29, 0.717) is 37.6 Å². The zero-order valence-electron chi connectivity index (χ0n) is 16.5. The minimum Gasteiger partial charge on any atom is -0.348 e. The van der Waals surface area contributed by atoms with E-state index < -0.39 is 17.2 Å². The number of halogens is 1. The number of rotatable bonds is 4. The molecule has 154 valence electrons. The number of aryl methyl sites for hydroxylation is 1. The lowest BCUT2D eigenvalue weighted by atomic mass is 10.1. The van der Waals surface area contributed by atoms with Gasteiger partial charge in [0, 0.05) is 43.3 Å². The Morgan fingerprint density at radius 1 is 1.13 bits per heavy atom. The molecule has 0 unspecified atom stereocenters. The van der Waals surface area contributed by atoms with Crippen molar-refractivity contribution in [1.82, 2.24) is 25.1 Å². The van der Waals surface area contributed by atoms with E-state index in [1.54, 1.807) is 43.6 Å². The van der Waals surface area contributed by atoms with Crippen LogP contribution < -0.4 is 15.6 Å². The summed E-state index contributed by atoms with van der Waals surface area (Å²) in [5, 5.41) is 7.04. The number of hydrogen-bond acceptors (Lipinski definition) is 6. The molecule has 1 amide bonds. The van der Waals surface area contributed by atoms with Gasteiger partial charge in [-0.15, -0.1) is 0 Å². The van der Waals surface area contributed by atoms with Crippen LogP contribution in [0.2, 0.25) is 0 Å². The molecule has 0 saturated carbocycles. The third kappa shape index (κ3) is 4.05. The molecule has 0 radical (unpaired) electrons. The molecule has 1 fully saturated rings. The minimum atomic E-state index is -0.556. The molecule has 1 saturated heterocycles. The average Bonchev–Trinajstić information content (AvgIpc) is 2.76. The molecule has 0 aliphatic carbocycles. The van der Waals surface area contributed by atoms with Crippen LogP contribution in [0.4, 0.5) is 10.3 Å². The second-order valence-corrected chi connectivity index (χ2v) is 7.15. The normalized spacial score (nSPS) is 14.5. The van der Waals surface area contributed by atoms with Crippen molar-refractivity contribution in [3.63, 3.8) is 0 Å². The van der Waals surface area contributed by atoms with E-state index >= 15 is 0 Å². The zero-order valence-corrected chi connectivity index (χ0v) is 16.5. The molecule has 4 rings (SSSR count). The largest absolute Gasteiger partial charge is 0.348 e. The van der Waals surface area contributed by atoms with Gasteiger partial charge in [-0.3, -0.25) is 9.59 Å². The Morgan fingerprint density at radius 3 is 2.53 bits per heavy atom. The fourth-order valence-electron chi connectivity index (χ4n) is 3.50. The first-order chi connectivity index (χ1) is 14.5. The van der Waals surface area contributed by atoms with Gasteiger partial charge in [-0.1, -0.05) is 12.1 Å². The molecule has 1 aromatic carbocycles. The molecule has 1 aliphatic heterocycles. The van der Waals surface area contributed by atoms with Crippen LogP contribution in [0, 0.1) is 12.7 Å². The second kappa shape index (κ2) is 8.40. The summed E-state index contributed by atoms with van der Waals surface area (Å²) in [7, 11) is 0. The maximum Gasteiger partial charge on any atom is 0.276 e. The Hall–Kier alpha value is -3.62. The number of hydrogen-bond donors (Lipinski definition) is 1. The van der Waals surface area contributed by atoms with Gasteiger partial charge in [-0.2, -0.15) is 5.10 Å². The Balaban J connectivity index is 1.48. The summed E-state index contributed by atoms with van der Waals surface area (Å²) in [6.45, 7) is 3.02. The summed E-state index contributed by atoms with van der Waals surface area (Å²) in [6, 6.07) is 9.05. The summed E-state index contributed by atoms with van der Waals surface area (Å²) in [4.78, 5) is 35.7. The van der Waals surface area contributed by atoms with E-state index in [2.05, 4.69) is 25.3 Å². The van der Waals surface area contributed by atoms with E-state index in [9.17, 15) is 14.0 Å². The SMILES string of the molecule is Cc1cc(=O)c(C(=O)NC2CCN(c3ncccn3)CC2)nn1-c1ccccc1F. The van der Waals surface area contributed by atoms with Crippen molar-refractivity contribution >= 4 is 11.9 Å². The topological polar surface area (TPSA) is 93.0 Å². The van der Waals surface area contributed by atoms with Crippen molar-refractivity contribution in [2.24, 2.45) is 0 Å². The first-order valence-electron chi connectivity index (χ1n) is 9.71. The molecular formula is C21H21FN6O2. The maximum absolute atomic E-state index is 14.2. The van der Waals surface area contributed by atoms with E-state index in [-0.39, 0.29) is 17.4 Å². The number of aromatic nitrogens is 4. The number of piperidine rings is 1. The van der Waals surface area contributed by atoms with Gasteiger partial charge in [0.05, 0.1) is 0 Å². The predicted octanol–water partition coefficient (Wildman–Crippen LogP) is 1.87. The lowest BCUT2D eigenvalue weighted by molar-refractivity contribution is 0.0923. The van der Waals surface area contributed by atoms with Crippen molar-refractivity contribution in [1.29, 1.82) is 0 Å². The summed E-state index contributed by atoms with van der Waals surface area (Å²) >= 11 is 0. The Morgan fingerprint density at radius 2 is 1.83 bits per heavy atom. The molecule has 1 N–H and O–H groups in total. The van der Waals surface area contributed by atoms with Crippen LogP contribution in [-0.4, -0.2) is 44.8 Å². The molecule has 1 aliphatic rings. The average molecular weight is 408 g/mol. The Bertz CT molecular complexity index is 1110. The number of carbonyl (C=O) groups excluding carboxylic acids is 1. The molecule has 8 nitrogen and oxygen atoms in total. The molecule has 0 spiro atoms. The molecule has 9 heteroatoms. The minimum absolute atomic E-state index is 0.0955. The van der Waals surface area contributed by atoms with Gasteiger partial charge in [-0.05, 0) is 38.0 Å². The molecule has 3 heterocycles. The lowest BCUT2D eigenvalue weighted by Gasteiger charge is -2.32. The molecule has 3 aromatic rings. The number of benzene rings is 1. The summed E-state index contributed by atoms with van der Waals surface area (Å²) in [6.07, 6.45) is 4.77. The number of amides is 1. The third-order valence-electron chi connectivity index (χ3n) is 5.07. The van der Waals surface area contributed by atoms with Gasteiger partial charge in [0.15, 0.2) is 5.69 Å². The van der Waals surface area contributed by atoms with E-state index in [4.69, 9.17) is 0 Å². The van der Waals surface area contributed by atoms with Crippen LogP contribution in [0.5, 0.6) is 0 Å². The fourth-order valence-corrected chi connectivity index (χ4v) is 3.50. The highest BCUT2D eigenvalue weighted by atomic mass is 19.1. The highest BCUT2D eigenvalue weighted by Gasteiger charge is 2.24. The van der Waals surface area contributed by atoms with Crippen LogP contribution >= 0.6 is 0 Å². The molecular weight excluding hydrogens is 387 g/mol. The lowest BCUT2D eigenvalue weighted by Crippen LogP contribution is -2.46. The quantitative estimate of drug-likeness (QED) is 0.709. The summed E-state index contributed by atoms with van der Waals surface area (Å²) < 4.78 is 15.5. The molecule has 30 heavy (non-hydrogen) atoms. The predicted molar refractivity (Wildman–Crippen MR) is 109 cm³/mol. The maximum atomic E-state index is 14.2. The van der Waals surface area contributed by atoms with E-state index in [1.165, 1.54) is 16.8 Å². The first-order valence-corrected chi connectivity index (χ1v) is 9.71. The van der Waals surface area contributed by atoms with Gasteiger partial charge in [-0.25, -0.2) is 19.0 Å². The number of para-hydroxylation sites is 1. The smallest absolute Gasteiger partial charge is 0.276 e. The van der Waals surface area contributed by atoms with Crippen LogP contribution in [0.25, 0.3) is 5.69 Å². The fraction of sp³-hybridized carbons (Fsp3) is 0.286. The van der Waals surface area contributed by atoms with Gasteiger partial charge in [0.2, 0.25) is 11.4 Å². The van der Waals surface area contributed by atoms with Crippen molar-refractivity contribution in [3.05, 3.63) is 76.2 Å². The third-order valence-corrected chi connectivity index (χ3v) is 5.07. The number of anilines is 1. The van der Waals surface area contributed by atoms with Crippen molar-refractivity contribution in [3.8, 4) is 5.69 Å². The van der Waals surface area contributed by atoms with Crippen LogP contribution in [-0.2, 0) is 0 Å². The monoisotopic (exact) mass is 408 g/mol. The van der Waals surface area contributed by atoms with Gasteiger partial charge >= 0.3 is 0 Å². The van der Waals surface area contributed by atoms with Gasteiger partial charge < -0.3 is 10.2 Å². The first kappa shape index (κ1) is 19.7. The second-order valence-electron chi connectivity index (χ2n) is 7.15. The Labute approximate surface area is 172 Å². The summed E-state index contributed by atoms with van der Waals surface area (Å²) in [5.41, 5.74) is -0.122. The molecule has 2 aromatic heterocycles. The number of nitrogens with zero attached hydrogens (tertiary/aromatic N) is 5. The highest BCUT2D eigenvalue weighted by Crippen LogP contribution is 2.16. The van der Waals surface area contributed by atoms with Crippen LogP contribution in [0.1, 0.15) is 29.0 Å². The molecule has 0 bridgehead atoms. The highest BCUT2D eigenvalue weighted by molar-refractivity contribution is 5.92. The van der Waals surface area contributed by atoms with E-state index in [0.717, 1.165) is 0 Å². The number of nitrogens with one attached hydrogen (secondary N) is 1. The van der Waals surface area contributed by atoms with Crippen molar-refractivity contribution in [2.75, 3.05) is 18.0 Å².